The van der Waals surface area contributed by atoms with Crippen LogP contribution in [0.3, 0.4) is 0 Å². The molecule has 1 aliphatic rings. The third kappa shape index (κ3) is 3.76. The van der Waals surface area contributed by atoms with Gasteiger partial charge in [-0.15, -0.1) is 0 Å². The number of para-hydroxylation sites is 1. The van der Waals surface area contributed by atoms with Gasteiger partial charge >= 0.3 is 0 Å². The highest BCUT2D eigenvalue weighted by atomic mass is 16.5. The lowest BCUT2D eigenvalue weighted by Crippen LogP contribution is -2.47. The van der Waals surface area contributed by atoms with Gasteiger partial charge in [0, 0.05) is 26.0 Å². The standard InChI is InChI=1S/C18H23N3O3/c1-13(24-14-7-4-3-5-8-14)18(22)20-15-9-6-12-23-16(15)17-19-10-11-21(17)2/h3-5,7-8,10-11,13,15-16H,6,9,12H2,1-2H3,(H,20,22)/t13?,15-,16-/m1/s1. The number of carbonyl (C=O) groups is 1. The number of hydrogen-bond acceptors (Lipinski definition) is 4. The number of benzene rings is 1. The topological polar surface area (TPSA) is 65.4 Å². The van der Waals surface area contributed by atoms with Crippen molar-refractivity contribution < 1.29 is 14.3 Å². The fourth-order valence-corrected chi connectivity index (χ4v) is 2.89. The van der Waals surface area contributed by atoms with Gasteiger partial charge in [0.05, 0.1) is 6.04 Å². The van der Waals surface area contributed by atoms with E-state index in [0.29, 0.717) is 12.4 Å². The number of imidazole rings is 1. The zero-order valence-electron chi connectivity index (χ0n) is 14.0. The van der Waals surface area contributed by atoms with E-state index in [-0.39, 0.29) is 18.1 Å². The maximum absolute atomic E-state index is 12.5. The van der Waals surface area contributed by atoms with Crippen LogP contribution in [-0.2, 0) is 16.6 Å². The Morgan fingerprint density at radius 3 is 2.92 bits per heavy atom. The molecule has 3 rings (SSSR count). The van der Waals surface area contributed by atoms with E-state index in [1.54, 1.807) is 13.1 Å². The zero-order chi connectivity index (χ0) is 16.9. The lowest BCUT2D eigenvalue weighted by atomic mass is 10.0. The van der Waals surface area contributed by atoms with Gasteiger partial charge in [-0.3, -0.25) is 4.79 Å². The first kappa shape index (κ1) is 16.5. The van der Waals surface area contributed by atoms with E-state index < -0.39 is 6.10 Å². The van der Waals surface area contributed by atoms with Gasteiger partial charge in [-0.1, -0.05) is 18.2 Å². The summed E-state index contributed by atoms with van der Waals surface area (Å²) in [4.78, 5) is 16.9. The first-order chi connectivity index (χ1) is 11.6. The number of aryl methyl sites for hydroxylation is 1. The van der Waals surface area contributed by atoms with E-state index in [4.69, 9.17) is 9.47 Å². The van der Waals surface area contributed by atoms with Gasteiger partial charge in [-0.05, 0) is 31.9 Å². The smallest absolute Gasteiger partial charge is 0.261 e. The summed E-state index contributed by atoms with van der Waals surface area (Å²) in [5.41, 5.74) is 0. The van der Waals surface area contributed by atoms with Crippen molar-refractivity contribution in [2.75, 3.05) is 6.61 Å². The van der Waals surface area contributed by atoms with Crippen LogP contribution in [0.25, 0.3) is 0 Å². The molecule has 2 heterocycles. The number of nitrogens with one attached hydrogen (secondary N) is 1. The molecule has 1 aromatic carbocycles. The van der Waals surface area contributed by atoms with E-state index in [1.165, 1.54) is 0 Å². The van der Waals surface area contributed by atoms with Crippen LogP contribution in [0.5, 0.6) is 5.75 Å². The van der Waals surface area contributed by atoms with Crippen molar-refractivity contribution in [1.29, 1.82) is 0 Å². The Morgan fingerprint density at radius 2 is 2.21 bits per heavy atom. The van der Waals surface area contributed by atoms with Crippen LogP contribution in [0, 0.1) is 0 Å². The third-order valence-electron chi connectivity index (χ3n) is 4.19. The molecule has 0 bridgehead atoms. The van der Waals surface area contributed by atoms with Crippen molar-refractivity contribution in [3.63, 3.8) is 0 Å². The molecule has 3 atom stereocenters. The van der Waals surface area contributed by atoms with Gasteiger partial charge in [-0.25, -0.2) is 4.98 Å². The van der Waals surface area contributed by atoms with Crippen LogP contribution < -0.4 is 10.1 Å². The molecule has 24 heavy (non-hydrogen) atoms. The second kappa shape index (κ2) is 7.49. The summed E-state index contributed by atoms with van der Waals surface area (Å²) < 4.78 is 13.5. The first-order valence-electron chi connectivity index (χ1n) is 8.26. The number of ether oxygens (including phenoxy) is 2. The summed E-state index contributed by atoms with van der Waals surface area (Å²) in [5.74, 6) is 1.37. The summed E-state index contributed by atoms with van der Waals surface area (Å²) in [6, 6.07) is 9.25. The minimum atomic E-state index is -0.573. The summed E-state index contributed by atoms with van der Waals surface area (Å²) in [7, 11) is 1.93. The fourth-order valence-electron chi connectivity index (χ4n) is 2.89. The highest BCUT2D eigenvalue weighted by Gasteiger charge is 2.32. The van der Waals surface area contributed by atoms with Crippen molar-refractivity contribution in [2.45, 2.75) is 38.0 Å². The number of carbonyl (C=O) groups excluding carboxylic acids is 1. The molecule has 1 saturated heterocycles. The molecular weight excluding hydrogens is 306 g/mol. The highest BCUT2D eigenvalue weighted by Crippen LogP contribution is 2.27. The Hall–Kier alpha value is -2.34. The fraction of sp³-hybridized carbons (Fsp3) is 0.444. The summed E-state index contributed by atoms with van der Waals surface area (Å²) in [5, 5.41) is 3.06. The minimum Gasteiger partial charge on any atom is -0.481 e. The van der Waals surface area contributed by atoms with Crippen LogP contribution in [0.15, 0.2) is 42.7 Å². The van der Waals surface area contributed by atoms with Crippen molar-refractivity contribution in [3.8, 4) is 5.75 Å². The monoisotopic (exact) mass is 329 g/mol. The maximum Gasteiger partial charge on any atom is 0.261 e. The SMILES string of the molecule is CC(Oc1ccccc1)C(=O)N[C@@H]1CCCO[C@H]1c1nccn1C. The molecule has 0 saturated carbocycles. The molecule has 128 valence electrons. The third-order valence-corrected chi connectivity index (χ3v) is 4.19. The quantitative estimate of drug-likeness (QED) is 0.913. The number of amides is 1. The maximum atomic E-state index is 12.5. The second-order valence-electron chi connectivity index (χ2n) is 6.02. The molecule has 1 aliphatic heterocycles. The molecular formula is C18H23N3O3. The Labute approximate surface area is 141 Å². The van der Waals surface area contributed by atoms with Gasteiger partial charge in [-0.2, -0.15) is 0 Å². The Balaban J connectivity index is 1.64. The molecule has 0 aliphatic carbocycles. The van der Waals surface area contributed by atoms with E-state index in [1.807, 2.05) is 48.1 Å². The molecule has 0 radical (unpaired) electrons. The first-order valence-corrected chi connectivity index (χ1v) is 8.26. The zero-order valence-corrected chi connectivity index (χ0v) is 14.0. The van der Waals surface area contributed by atoms with E-state index in [2.05, 4.69) is 10.3 Å². The van der Waals surface area contributed by atoms with Crippen LogP contribution >= 0.6 is 0 Å². The van der Waals surface area contributed by atoms with Gasteiger partial charge in [0.15, 0.2) is 6.10 Å². The van der Waals surface area contributed by atoms with E-state index in [9.17, 15) is 4.79 Å². The van der Waals surface area contributed by atoms with Crippen LogP contribution in [0.2, 0.25) is 0 Å². The van der Waals surface area contributed by atoms with Crippen LogP contribution in [-0.4, -0.2) is 34.2 Å². The molecule has 1 fully saturated rings. The van der Waals surface area contributed by atoms with Crippen molar-refractivity contribution in [1.82, 2.24) is 14.9 Å². The van der Waals surface area contributed by atoms with Gasteiger partial charge in [0.2, 0.25) is 0 Å². The predicted molar refractivity (Wildman–Crippen MR) is 89.6 cm³/mol. The molecule has 1 N–H and O–H groups in total. The lowest BCUT2D eigenvalue weighted by Gasteiger charge is -2.32. The van der Waals surface area contributed by atoms with Crippen molar-refractivity contribution in [2.24, 2.45) is 7.05 Å². The van der Waals surface area contributed by atoms with E-state index >= 15 is 0 Å². The normalized spacial score (nSPS) is 21.9. The summed E-state index contributed by atoms with van der Waals surface area (Å²) in [6.45, 7) is 2.43. The number of aromatic nitrogens is 2. The lowest BCUT2D eigenvalue weighted by molar-refractivity contribution is -0.130. The molecule has 1 aromatic heterocycles. The second-order valence-corrected chi connectivity index (χ2v) is 6.02. The van der Waals surface area contributed by atoms with Gasteiger partial charge < -0.3 is 19.4 Å². The predicted octanol–water partition coefficient (Wildman–Crippen LogP) is 2.22. The molecule has 1 amide bonds. The Bertz CT molecular complexity index is 671. The van der Waals surface area contributed by atoms with Crippen LogP contribution in [0.4, 0.5) is 0 Å². The van der Waals surface area contributed by atoms with Gasteiger partial charge in [0.25, 0.3) is 5.91 Å². The summed E-state index contributed by atoms with van der Waals surface area (Å²) in [6.07, 6.45) is 4.60. The molecule has 6 nitrogen and oxygen atoms in total. The number of rotatable bonds is 5. The van der Waals surface area contributed by atoms with Crippen LogP contribution in [0.1, 0.15) is 31.7 Å². The summed E-state index contributed by atoms with van der Waals surface area (Å²) >= 11 is 0. The number of hydrogen-bond donors (Lipinski definition) is 1. The average Bonchev–Trinajstić information content (AvgIpc) is 3.02. The molecule has 2 aromatic rings. The Kier molecular flexibility index (Phi) is 5.15. The molecule has 1 unspecified atom stereocenters. The Morgan fingerprint density at radius 1 is 1.42 bits per heavy atom. The van der Waals surface area contributed by atoms with E-state index in [0.717, 1.165) is 18.7 Å². The van der Waals surface area contributed by atoms with Crippen molar-refractivity contribution in [3.05, 3.63) is 48.5 Å². The average molecular weight is 329 g/mol. The molecule has 0 spiro atoms. The minimum absolute atomic E-state index is 0.103. The largest absolute Gasteiger partial charge is 0.481 e. The van der Waals surface area contributed by atoms with Gasteiger partial charge in [0.1, 0.15) is 17.7 Å². The molecule has 6 heteroatoms. The highest BCUT2D eigenvalue weighted by molar-refractivity contribution is 5.81. The van der Waals surface area contributed by atoms with Crippen molar-refractivity contribution >= 4 is 5.91 Å². The number of nitrogens with zero attached hydrogens (tertiary/aromatic N) is 2.